The molecule has 222 valence electrons. The molecule has 0 aliphatic rings. The topological polar surface area (TPSA) is 94.5 Å². The van der Waals surface area contributed by atoms with E-state index in [0.717, 1.165) is 29.2 Å². The third-order valence-electron chi connectivity index (χ3n) is 5.60. The summed E-state index contributed by atoms with van der Waals surface area (Å²) in [5, 5.41) is 9.22. The molecule has 0 bridgehead atoms. The predicted molar refractivity (Wildman–Crippen MR) is 134 cm³/mol. The van der Waals surface area contributed by atoms with Gasteiger partial charge in [-0.3, -0.25) is 0 Å². The van der Waals surface area contributed by atoms with Crippen molar-refractivity contribution in [1.82, 2.24) is 4.90 Å². The minimum absolute atomic E-state index is 0.0384. The van der Waals surface area contributed by atoms with Crippen molar-refractivity contribution in [2.24, 2.45) is 0 Å². The number of aliphatic carboxylic acids is 1. The fourth-order valence-electron chi connectivity index (χ4n) is 3.30. The van der Waals surface area contributed by atoms with E-state index in [9.17, 15) is 36.6 Å². The monoisotopic (exact) mass is 577 g/mol. The van der Waals surface area contributed by atoms with Gasteiger partial charge in [0.1, 0.15) is 24.7 Å². The Morgan fingerprint density at radius 3 is 2.05 bits per heavy atom. The minimum atomic E-state index is -4.55. The third kappa shape index (κ3) is 11.3. The summed E-state index contributed by atoms with van der Waals surface area (Å²) in [7, 11) is 0. The van der Waals surface area contributed by atoms with Gasteiger partial charge in [-0.1, -0.05) is 19.1 Å². The largest absolute Gasteiger partial charge is 0.492 e. The molecule has 0 saturated heterocycles. The lowest BCUT2D eigenvalue weighted by Crippen LogP contribution is -2.39. The SMILES string of the molecule is CCOC(Cc1ccc(OCCN(CCOCC(F)(F)CC)C(=O)Oc2ccc(C(F)(F)F)cc2)cc1)C(=O)O. The van der Waals surface area contributed by atoms with Crippen molar-refractivity contribution in [3.05, 3.63) is 59.7 Å². The van der Waals surface area contributed by atoms with E-state index >= 15 is 0 Å². The highest BCUT2D eigenvalue weighted by Gasteiger charge is 2.30. The summed E-state index contributed by atoms with van der Waals surface area (Å²) in [6, 6.07) is 10.1. The number of amides is 1. The van der Waals surface area contributed by atoms with Gasteiger partial charge in [-0.05, 0) is 48.9 Å². The van der Waals surface area contributed by atoms with Crippen LogP contribution in [0.3, 0.4) is 0 Å². The highest BCUT2D eigenvalue weighted by Crippen LogP contribution is 2.30. The molecule has 0 aliphatic carbocycles. The number of benzene rings is 2. The Balaban J connectivity index is 1.98. The number of nitrogens with zero attached hydrogens (tertiary/aromatic N) is 1. The molecule has 8 nitrogen and oxygen atoms in total. The van der Waals surface area contributed by atoms with Crippen LogP contribution in [0.15, 0.2) is 48.5 Å². The van der Waals surface area contributed by atoms with Crippen molar-refractivity contribution in [3.8, 4) is 11.5 Å². The summed E-state index contributed by atoms with van der Waals surface area (Å²) >= 11 is 0. The molecule has 40 heavy (non-hydrogen) atoms. The van der Waals surface area contributed by atoms with Crippen LogP contribution in [0.25, 0.3) is 0 Å². The van der Waals surface area contributed by atoms with Crippen LogP contribution in [-0.2, 0) is 26.9 Å². The number of carboxylic acids is 1. The normalized spacial score (nSPS) is 12.6. The van der Waals surface area contributed by atoms with E-state index in [1.165, 1.54) is 6.92 Å². The average Bonchev–Trinajstić information content (AvgIpc) is 2.90. The fourth-order valence-corrected chi connectivity index (χ4v) is 3.30. The molecule has 0 heterocycles. The van der Waals surface area contributed by atoms with Crippen molar-refractivity contribution in [3.63, 3.8) is 0 Å². The van der Waals surface area contributed by atoms with Gasteiger partial charge in [0.2, 0.25) is 0 Å². The first kappa shape index (κ1) is 32.8. The van der Waals surface area contributed by atoms with Crippen LogP contribution in [0.2, 0.25) is 0 Å². The quantitative estimate of drug-likeness (QED) is 0.203. The Hall–Kier alpha value is -3.45. The van der Waals surface area contributed by atoms with E-state index in [-0.39, 0.29) is 45.1 Å². The van der Waals surface area contributed by atoms with Gasteiger partial charge in [0.15, 0.2) is 6.10 Å². The molecule has 2 aromatic carbocycles. The number of ether oxygens (including phenoxy) is 4. The first-order valence-corrected chi connectivity index (χ1v) is 12.5. The van der Waals surface area contributed by atoms with Gasteiger partial charge in [0.05, 0.1) is 18.7 Å². The first-order chi connectivity index (χ1) is 18.8. The zero-order valence-electron chi connectivity index (χ0n) is 22.1. The maximum absolute atomic E-state index is 13.4. The van der Waals surface area contributed by atoms with E-state index in [0.29, 0.717) is 11.3 Å². The maximum Gasteiger partial charge on any atom is 0.416 e. The van der Waals surface area contributed by atoms with Crippen LogP contribution < -0.4 is 9.47 Å². The Morgan fingerprint density at radius 2 is 1.50 bits per heavy atom. The summed E-state index contributed by atoms with van der Waals surface area (Å²) in [4.78, 5) is 25.1. The van der Waals surface area contributed by atoms with Gasteiger partial charge in [-0.15, -0.1) is 0 Å². The van der Waals surface area contributed by atoms with Crippen molar-refractivity contribution >= 4 is 12.1 Å². The van der Waals surface area contributed by atoms with Gasteiger partial charge in [0, 0.05) is 26.0 Å². The van der Waals surface area contributed by atoms with Crippen LogP contribution in [0.1, 0.15) is 31.4 Å². The summed E-state index contributed by atoms with van der Waals surface area (Å²) in [5.74, 6) is -3.81. The zero-order valence-corrected chi connectivity index (χ0v) is 22.1. The summed E-state index contributed by atoms with van der Waals surface area (Å²) < 4.78 is 86.2. The van der Waals surface area contributed by atoms with E-state index in [4.69, 9.17) is 18.9 Å². The van der Waals surface area contributed by atoms with Crippen molar-refractivity contribution < 1.29 is 55.6 Å². The molecular formula is C27H32F5NO7. The van der Waals surface area contributed by atoms with Crippen LogP contribution in [0.4, 0.5) is 26.7 Å². The van der Waals surface area contributed by atoms with E-state index < -0.39 is 48.9 Å². The number of carbonyl (C=O) groups is 2. The van der Waals surface area contributed by atoms with Crippen LogP contribution in [0.5, 0.6) is 11.5 Å². The van der Waals surface area contributed by atoms with E-state index in [2.05, 4.69) is 0 Å². The molecule has 0 radical (unpaired) electrons. The number of hydrogen-bond acceptors (Lipinski definition) is 6. The van der Waals surface area contributed by atoms with Gasteiger partial charge < -0.3 is 29.0 Å². The Labute approximate surface area is 228 Å². The number of rotatable bonds is 16. The minimum Gasteiger partial charge on any atom is -0.492 e. The molecule has 0 fully saturated rings. The molecule has 13 heteroatoms. The highest BCUT2D eigenvalue weighted by atomic mass is 19.4. The smallest absolute Gasteiger partial charge is 0.416 e. The molecule has 2 aromatic rings. The lowest BCUT2D eigenvalue weighted by atomic mass is 10.1. The van der Waals surface area contributed by atoms with Gasteiger partial charge in [-0.25, -0.2) is 18.4 Å². The lowest BCUT2D eigenvalue weighted by molar-refractivity contribution is -0.150. The second-order valence-corrected chi connectivity index (χ2v) is 8.62. The second kappa shape index (κ2) is 15.4. The van der Waals surface area contributed by atoms with Crippen molar-refractivity contribution in [1.29, 1.82) is 0 Å². The Kier molecular flexibility index (Phi) is 12.6. The average molecular weight is 578 g/mol. The molecule has 0 spiro atoms. The van der Waals surface area contributed by atoms with Gasteiger partial charge in [0.25, 0.3) is 5.92 Å². The van der Waals surface area contributed by atoms with Gasteiger partial charge >= 0.3 is 18.2 Å². The Bertz CT molecular complexity index is 1060. The summed E-state index contributed by atoms with van der Waals surface area (Å²) in [6.45, 7) is 1.95. The number of hydrogen-bond donors (Lipinski definition) is 1. The Morgan fingerprint density at radius 1 is 0.900 bits per heavy atom. The van der Waals surface area contributed by atoms with Crippen LogP contribution in [0, 0.1) is 0 Å². The lowest BCUT2D eigenvalue weighted by Gasteiger charge is -2.23. The standard InChI is InChI=1S/C27H32F5NO7/c1-3-26(28,29)18-37-15-13-33(25(36)40-22-11-7-20(8-12-22)27(30,31)32)14-16-39-21-9-5-19(6-10-21)17-23(24(34)35)38-4-2/h5-12,23H,3-4,13-18H2,1-2H3,(H,34,35). The third-order valence-corrected chi connectivity index (χ3v) is 5.60. The molecular weight excluding hydrogens is 545 g/mol. The number of halogens is 5. The highest BCUT2D eigenvalue weighted by molar-refractivity contribution is 5.72. The summed E-state index contributed by atoms with van der Waals surface area (Å²) in [6.07, 6.45) is -6.73. The fraction of sp³-hybridized carbons (Fsp3) is 0.481. The number of carbonyl (C=O) groups excluding carboxylic acids is 1. The molecule has 1 unspecified atom stereocenters. The molecule has 1 N–H and O–H groups in total. The zero-order chi connectivity index (χ0) is 29.8. The van der Waals surface area contributed by atoms with E-state index in [1.807, 2.05) is 0 Å². The second-order valence-electron chi connectivity index (χ2n) is 8.62. The van der Waals surface area contributed by atoms with Crippen molar-refractivity contribution in [2.45, 2.75) is 44.9 Å². The van der Waals surface area contributed by atoms with Crippen molar-refractivity contribution in [2.75, 3.05) is 39.5 Å². The van der Waals surface area contributed by atoms with Crippen LogP contribution >= 0.6 is 0 Å². The molecule has 2 rings (SSSR count). The molecule has 0 aliphatic heterocycles. The number of carboxylic acid groups (broad SMARTS) is 1. The first-order valence-electron chi connectivity index (χ1n) is 12.5. The van der Waals surface area contributed by atoms with Crippen LogP contribution in [-0.4, -0.2) is 73.6 Å². The molecule has 1 atom stereocenters. The number of alkyl halides is 5. The van der Waals surface area contributed by atoms with Gasteiger partial charge in [-0.2, -0.15) is 13.2 Å². The van der Waals surface area contributed by atoms with E-state index in [1.54, 1.807) is 31.2 Å². The maximum atomic E-state index is 13.4. The summed E-state index contributed by atoms with van der Waals surface area (Å²) in [5.41, 5.74) is -0.207. The molecule has 1 amide bonds. The molecule has 0 aromatic heterocycles. The predicted octanol–water partition coefficient (Wildman–Crippen LogP) is 5.68. The molecule has 0 saturated carbocycles.